The Kier molecular flexibility index (Phi) is 6.33. The second-order valence-electron chi connectivity index (χ2n) is 9.16. The molecule has 32 heavy (non-hydrogen) atoms. The molecule has 3 amide bonds. The van der Waals surface area contributed by atoms with Crippen molar-refractivity contribution in [2.75, 3.05) is 13.2 Å². The molecule has 8 heteroatoms. The van der Waals surface area contributed by atoms with E-state index in [0.29, 0.717) is 30.4 Å². The molecule has 3 heterocycles. The van der Waals surface area contributed by atoms with Crippen molar-refractivity contribution in [2.24, 2.45) is 11.8 Å². The zero-order valence-corrected chi connectivity index (χ0v) is 18.8. The van der Waals surface area contributed by atoms with Crippen LogP contribution in [0.3, 0.4) is 0 Å². The molecule has 0 bridgehead atoms. The summed E-state index contributed by atoms with van der Waals surface area (Å²) in [6.45, 7) is 6.11. The predicted octanol–water partition coefficient (Wildman–Crippen LogP) is 2.61. The summed E-state index contributed by atoms with van der Waals surface area (Å²) in [4.78, 5) is 53.8. The van der Waals surface area contributed by atoms with Crippen LogP contribution in [-0.2, 0) is 19.1 Å². The van der Waals surface area contributed by atoms with Gasteiger partial charge < -0.3 is 14.4 Å². The molecule has 1 aromatic rings. The highest BCUT2D eigenvalue weighted by Gasteiger charge is 2.50. The molecular formula is C24H30N2O6. The average molecular weight is 443 g/mol. The van der Waals surface area contributed by atoms with E-state index in [1.165, 1.54) is 4.90 Å². The number of amides is 3. The van der Waals surface area contributed by atoms with Crippen LogP contribution in [0.25, 0.3) is 0 Å². The molecule has 4 atom stereocenters. The van der Waals surface area contributed by atoms with Gasteiger partial charge in [-0.1, -0.05) is 26.0 Å². The molecule has 0 saturated carbocycles. The Morgan fingerprint density at radius 1 is 1.12 bits per heavy atom. The standard InChI is InChI=1S/C24H30N2O6/c1-4-31-24(30)19(11-14(2)3)26-20(27)12-15-9-10-16(32-23(15)26)13-25-21(28)17-7-5-6-8-18(17)22(25)29/h5-8,14-16,19,23H,4,9-13H2,1-3H3/t15-,16+,19?,23-/m1/s1. The van der Waals surface area contributed by atoms with Crippen LogP contribution in [0.4, 0.5) is 0 Å². The second-order valence-corrected chi connectivity index (χ2v) is 9.16. The van der Waals surface area contributed by atoms with Crippen LogP contribution in [0, 0.1) is 11.8 Å². The number of nitrogens with zero attached hydrogens (tertiary/aromatic N) is 2. The van der Waals surface area contributed by atoms with E-state index in [-0.39, 0.29) is 42.7 Å². The van der Waals surface area contributed by atoms with Gasteiger partial charge in [-0.15, -0.1) is 0 Å². The van der Waals surface area contributed by atoms with Gasteiger partial charge in [0.15, 0.2) is 0 Å². The molecule has 3 aliphatic heterocycles. The van der Waals surface area contributed by atoms with Gasteiger partial charge in [-0.3, -0.25) is 19.3 Å². The van der Waals surface area contributed by atoms with Gasteiger partial charge >= 0.3 is 5.97 Å². The third-order valence-corrected chi connectivity index (χ3v) is 6.45. The van der Waals surface area contributed by atoms with Crippen molar-refractivity contribution >= 4 is 23.7 Å². The monoisotopic (exact) mass is 442 g/mol. The lowest BCUT2D eigenvalue weighted by molar-refractivity contribution is -0.176. The molecule has 0 radical (unpaired) electrons. The highest BCUT2D eigenvalue weighted by molar-refractivity contribution is 6.21. The number of benzene rings is 1. The third-order valence-electron chi connectivity index (χ3n) is 6.45. The van der Waals surface area contributed by atoms with Crippen molar-refractivity contribution in [1.82, 2.24) is 9.80 Å². The lowest BCUT2D eigenvalue weighted by Crippen LogP contribution is -2.53. The minimum Gasteiger partial charge on any atom is -0.464 e. The number of esters is 1. The molecule has 3 aliphatic rings. The number of rotatable bonds is 7. The lowest BCUT2D eigenvalue weighted by atomic mass is 9.94. The number of hydrogen-bond donors (Lipinski definition) is 0. The Labute approximate surface area is 187 Å². The fraction of sp³-hybridized carbons (Fsp3) is 0.583. The highest BCUT2D eigenvalue weighted by Crippen LogP contribution is 2.39. The number of ether oxygens (including phenoxy) is 2. The minimum absolute atomic E-state index is 0.00924. The SMILES string of the molecule is CCOC(=O)C(CC(C)C)N1C(=O)C[C@H]2CC[C@@H](CN3C(=O)c4ccccc4C3=O)O[C@H]21. The molecule has 1 aromatic carbocycles. The summed E-state index contributed by atoms with van der Waals surface area (Å²) >= 11 is 0. The largest absolute Gasteiger partial charge is 0.464 e. The summed E-state index contributed by atoms with van der Waals surface area (Å²) < 4.78 is 11.6. The van der Waals surface area contributed by atoms with Crippen LogP contribution in [0.2, 0.25) is 0 Å². The third kappa shape index (κ3) is 4.03. The fourth-order valence-electron chi connectivity index (χ4n) is 4.99. The first kappa shape index (κ1) is 22.5. The number of likely N-dealkylation sites (tertiary alicyclic amines) is 1. The van der Waals surface area contributed by atoms with E-state index in [4.69, 9.17) is 9.47 Å². The zero-order chi connectivity index (χ0) is 23.0. The Bertz CT molecular complexity index is 894. The van der Waals surface area contributed by atoms with Gasteiger partial charge in [0.2, 0.25) is 5.91 Å². The summed E-state index contributed by atoms with van der Waals surface area (Å²) in [6.07, 6.45) is 1.25. The van der Waals surface area contributed by atoms with Gasteiger partial charge in [0, 0.05) is 12.3 Å². The molecule has 172 valence electrons. The average Bonchev–Trinajstić information content (AvgIpc) is 3.21. The second kappa shape index (κ2) is 9.02. The molecule has 4 rings (SSSR count). The van der Waals surface area contributed by atoms with Crippen LogP contribution >= 0.6 is 0 Å². The molecule has 2 saturated heterocycles. The quantitative estimate of drug-likeness (QED) is 0.476. The van der Waals surface area contributed by atoms with Crippen LogP contribution in [0.1, 0.15) is 67.2 Å². The van der Waals surface area contributed by atoms with E-state index in [1.54, 1.807) is 36.1 Å². The first-order valence-electron chi connectivity index (χ1n) is 11.4. The van der Waals surface area contributed by atoms with E-state index >= 15 is 0 Å². The minimum atomic E-state index is -0.699. The zero-order valence-electron chi connectivity index (χ0n) is 18.8. The van der Waals surface area contributed by atoms with Gasteiger partial charge in [-0.05, 0) is 44.2 Å². The molecule has 1 unspecified atom stereocenters. The van der Waals surface area contributed by atoms with Crippen LogP contribution < -0.4 is 0 Å². The molecular weight excluding hydrogens is 412 g/mol. The van der Waals surface area contributed by atoms with Gasteiger partial charge in [0.1, 0.15) is 12.3 Å². The molecule has 8 nitrogen and oxygen atoms in total. The highest BCUT2D eigenvalue weighted by atomic mass is 16.5. The molecule has 0 N–H and O–H groups in total. The van der Waals surface area contributed by atoms with Crippen molar-refractivity contribution in [3.05, 3.63) is 35.4 Å². The summed E-state index contributed by atoms with van der Waals surface area (Å²) in [5.41, 5.74) is 0.811. The van der Waals surface area contributed by atoms with Crippen molar-refractivity contribution in [3.63, 3.8) is 0 Å². The Morgan fingerprint density at radius 3 is 2.38 bits per heavy atom. The number of imide groups is 1. The van der Waals surface area contributed by atoms with E-state index in [2.05, 4.69) is 0 Å². The molecule has 0 aromatic heterocycles. The fourth-order valence-corrected chi connectivity index (χ4v) is 4.99. The Hall–Kier alpha value is -2.74. The molecule has 0 spiro atoms. The number of carbonyl (C=O) groups is 4. The topological polar surface area (TPSA) is 93.2 Å². The Balaban J connectivity index is 1.50. The summed E-state index contributed by atoms with van der Waals surface area (Å²) in [7, 11) is 0. The first-order chi connectivity index (χ1) is 15.3. The van der Waals surface area contributed by atoms with E-state index in [0.717, 1.165) is 6.42 Å². The van der Waals surface area contributed by atoms with E-state index in [9.17, 15) is 19.2 Å². The van der Waals surface area contributed by atoms with Crippen molar-refractivity contribution in [1.29, 1.82) is 0 Å². The van der Waals surface area contributed by atoms with Gasteiger partial charge in [-0.25, -0.2) is 4.79 Å². The van der Waals surface area contributed by atoms with Crippen LogP contribution in [0.15, 0.2) is 24.3 Å². The van der Waals surface area contributed by atoms with Crippen LogP contribution in [0.5, 0.6) is 0 Å². The van der Waals surface area contributed by atoms with E-state index < -0.39 is 24.3 Å². The molecule has 0 aliphatic carbocycles. The summed E-state index contributed by atoms with van der Waals surface area (Å²) in [6, 6.07) is 6.08. The maximum absolute atomic E-state index is 12.9. The number of fused-ring (bicyclic) bond motifs is 2. The maximum Gasteiger partial charge on any atom is 0.328 e. The first-order valence-corrected chi connectivity index (χ1v) is 11.4. The van der Waals surface area contributed by atoms with Crippen LogP contribution in [-0.4, -0.2) is 65.0 Å². The van der Waals surface area contributed by atoms with E-state index in [1.807, 2.05) is 13.8 Å². The van der Waals surface area contributed by atoms with Gasteiger partial charge in [-0.2, -0.15) is 0 Å². The lowest BCUT2D eigenvalue weighted by Gasteiger charge is -2.40. The normalized spacial score (nSPS) is 25.9. The molecule has 2 fully saturated rings. The predicted molar refractivity (Wildman–Crippen MR) is 115 cm³/mol. The van der Waals surface area contributed by atoms with Crippen molar-refractivity contribution < 1.29 is 28.7 Å². The van der Waals surface area contributed by atoms with Crippen molar-refractivity contribution in [3.8, 4) is 0 Å². The van der Waals surface area contributed by atoms with Gasteiger partial charge in [0.25, 0.3) is 11.8 Å². The summed E-state index contributed by atoms with van der Waals surface area (Å²) in [5.74, 6) is -0.986. The Morgan fingerprint density at radius 2 is 1.78 bits per heavy atom. The smallest absolute Gasteiger partial charge is 0.328 e. The van der Waals surface area contributed by atoms with Crippen molar-refractivity contribution in [2.45, 2.75) is 64.8 Å². The number of carbonyl (C=O) groups excluding carboxylic acids is 4. The number of hydrogen-bond acceptors (Lipinski definition) is 6. The maximum atomic E-state index is 12.9. The van der Waals surface area contributed by atoms with Gasteiger partial charge in [0.05, 0.1) is 30.4 Å². The summed E-state index contributed by atoms with van der Waals surface area (Å²) in [5, 5.41) is 0.